The van der Waals surface area contributed by atoms with Crippen molar-refractivity contribution in [3.8, 4) is 0 Å². The van der Waals surface area contributed by atoms with Gasteiger partial charge in [0.25, 0.3) is 0 Å². The molecule has 0 amide bonds. The molecule has 138 valence electrons. The first-order chi connectivity index (χ1) is 14.1. The van der Waals surface area contributed by atoms with Crippen LogP contribution in [0.3, 0.4) is 0 Å². The fraction of sp³-hybridized carbons (Fsp3) is 0.0769. The fourth-order valence-corrected chi connectivity index (χ4v) is 8.13. The van der Waals surface area contributed by atoms with Crippen LogP contribution < -0.4 is 0 Å². The molecule has 7 aromatic rings. The van der Waals surface area contributed by atoms with Crippen molar-refractivity contribution in [2.45, 2.75) is 13.8 Å². The van der Waals surface area contributed by atoms with E-state index in [1.807, 2.05) is 34.0 Å². The van der Waals surface area contributed by atoms with Gasteiger partial charge in [-0.1, -0.05) is 24.3 Å². The van der Waals surface area contributed by atoms with E-state index in [1.54, 1.807) is 0 Å². The van der Waals surface area contributed by atoms with Crippen LogP contribution >= 0.6 is 34.0 Å². The largest absolute Gasteiger partial charge is 0.135 e. The minimum atomic E-state index is 1.33. The van der Waals surface area contributed by atoms with Crippen molar-refractivity contribution in [2.75, 3.05) is 0 Å². The first-order valence-corrected chi connectivity index (χ1v) is 12.2. The van der Waals surface area contributed by atoms with Crippen molar-refractivity contribution < 1.29 is 0 Å². The Morgan fingerprint density at radius 3 is 1.07 bits per heavy atom. The van der Waals surface area contributed by atoms with Crippen LogP contribution in [0.5, 0.6) is 0 Å². The van der Waals surface area contributed by atoms with Crippen LogP contribution in [-0.2, 0) is 0 Å². The van der Waals surface area contributed by atoms with Crippen molar-refractivity contribution in [3.05, 3.63) is 71.8 Å². The molecule has 0 atom stereocenters. The van der Waals surface area contributed by atoms with E-state index in [0.29, 0.717) is 0 Å². The van der Waals surface area contributed by atoms with Gasteiger partial charge in [-0.2, -0.15) is 0 Å². The van der Waals surface area contributed by atoms with Crippen LogP contribution in [0.1, 0.15) is 11.1 Å². The summed E-state index contributed by atoms with van der Waals surface area (Å²) in [5.74, 6) is 0. The van der Waals surface area contributed by atoms with E-state index >= 15 is 0 Å². The molecule has 0 spiro atoms. The van der Waals surface area contributed by atoms with E-state index in [-0.39, 0.29) is 0 Å². The highest BCUT2D eigenvalue weighted by Crippen LogP contribution is 2.45. The zero-order valence-electron chi connectivity index (χ0n) is 16.0. The Kier molecular flexibility index (Phi) is 3.14. The molecular weight excluding hydrogens is 408 g/mol. The topological polar surface area (TPSA) is 0 Å². The van der Waals surface area contributed by atoms with Gasteiger partial charge >= 0.3 is 0 Å². The molecule has 0 N–H and O–H groups in total. The highest BCUT2D eigenvalue weighted by molar-refractivity contribution is 7.28. The van der Waals surface area contributed by atoms with Crippen LogP contribution in [0, 0.1) is 13.8 Å². The zero-order valence-corrected chi connectivity index (χ0v) is 18.4. The smallest absolute Gasteiger partial charge is 0.0362 e. The van der Waals surface area contributed by atoms with E-state index in [2.05, 4.69) is 74.5 Å². The van der Waals surface area contributed by atoms with Gasteiger partial charge in [-0.05, 0) is 61.4 Å². The molecule has 0 aliphatic rings. The highest BCUT2D eigenvalue weighted by Gasteiger charge is 2.13. The van der Waals surface area contributed by atoms with Crippen LogP contribution in [0.2, 0.25) is 0 Å². The Balaban J connectivity index is 1.60. The van der Waals surface area contributed by atoms with Crippen molar-refractivity contribution >= 4 is 94.5 Å². The third-order valence-corrected chi connectivity index (χ3v) is 9.31. The summed E-state index contributed by atoms with van der Waals surface area (Å²) < 4.78 is 8.36. The van der Waals surface area contributed by atoms with Gasteiger partial charge in [-0.3, -0.25) is 0 Å². The average molecular weight is 425 g/mol. The summed E-state index contributed by atoms with van der Waals surface area (Å²) in [5.41, 5.74) is 2.66. The molecule has 3 aromatic heterocycles. The number of benzene rings is 4. The number of thiophene rings is 3. The third kappa shape index (κ3) is 2.24. The minimum Gasteiger partial charge on any atom is -0.135 e. The molecular formula is C26H16S3. The number of fused-ring (bicyclic) bond motifs is 9. The lowest BCUT2D eigenvalue weighted by atomic mass is 10.1. The van der Waals surface area contributed by atoms with Crippen LogP contribution in [0.15, 0.2) is 60.7 Å². The van der Waals surface area contributed by atoms with Gasteiger partial charge < -0.3 is 0 Å². The Morgan fingerprint density at radius 1 is 0.379 bits per heavy atom. The average Bonchev–Trinajstić information content (AvgIpc) is 3.33. The van der Waals surface area contributed by atoms with Crippen molar-refractivity contribution in [1.82, 2.24) is 0 Å². The number of aryl methyl sites for hydroxylation is 2. The first-order valence-electron chi connectivity index (χ1n) is 9.76. The zero-order chi connectivity index (χ0) is 19.3. The molecule has 7 rings (SSSR count). The predicted molar refractivity (Wildman–Crippen MR) is 135 cm³/mol. The lowest BCUT2D eigenvalue weighted by molar-refractivity contribution is 1.52. The van der Waals surface area contributed by atoms with Crippen LogP contribution in [0.4, 0.5) is 0 Å². The van der Waals surface area contributed by atoms with Gasteiger partial charge in [0.2, 0.25) is 0 Å². The van der Waals surface area contributed by atoms with E-state index < -0.39 is 0 Å². The van der Waals surface area contributed by atoms with E-state index in [4.69, 9.17) is 0 Å². The maximum atomic E-state index is 2.42. The highest BCUT2D eigenvalue weighted by atomic mass is 32.1. The molecule has 3 heterocycles. The van der Waals surface area contributed by atoms with Gasteiger partial charge in [0, 0.05) is 60.5 Å². The molecule has 0 aliphatic carbocycles. The van der Waals surface area contributed by atoms with Crippen molar-refractivity contribution in [2.24, 2.45) is 0 Å². The monoisotopic (exact) mass is 424 g/mol. The predicted octanol–water partition coefficient (Wildman–Crippen LogP) is 9.41. The molecule has 0 radical (unpaired) electrons. The van der Waals surface area contributed by atoms with Crippen LogP contribution in [-0.4, -0.2) is 0 Å². The molecule has 3 heteroatoms. The quantitative estimate of drug-likeness (QED) is 0.227. The summed E-state index contributed by atoms with van der Waals surface area (Å²) >= 11 is 5.77. The second-order valence-electron chi connectivity index (χ2n) is 7.99. The Labute approximate surface area is 179 Å². The van der Waals surface area contributed by atoms with Gasteiger partial charge in [-0.15, -0.1) is 34.0 Å². The number of hydrogen-bond donors (Lipinski definition) is 0. The molecule has 0 aliphatic heterocycles. The lowest BCUT2D eigenvalue weighted by Gasteiger charge is -1.96. The Hall–Kier alpha value is -2.46. The molecule has 0 unspecified atom stereocenters. The SMILES string of the molecule is Cc1ccc2c(c1)sc1cc3c(cc12)sc1cc2c(cc13)sc1cc(C)ccc12. The number of rotatable bonds is 0. The second kappa shape index (κ2) is 5.57. The van der Waals surface area contributed by atoms with Crippen molar-refractivity contribution in [1.29, 1.82) is 0 Å². The van der Waals surface area contributed by atoms with E-state index in [9.17, 15) is 0 Å². The summed E-state index contributed by atoms with van der Waals surface area (Å²) in [6, 6.07) is 23.3. The maximum absolute atomic E-state index is 2.42. The number of hydrogen-bond acceptors (Lipinski definition) is 3. The van der Waals surface area contributed by atoms with Gasteiger partial charge in [0.05, 0.1) is 0 Å². The molecule has 0 fully saturated rings. The Morgan fingerprint density at radius 2 is 0.690 bits per heavy atom. The first kappa shape index (κ1) is 16.3. The van der Waals surface area contributed by atoms with Crippen LogP contribution in [0.25, 0.3) is 60.5 Å². The summed E-state index contributed by atoms with van der Waals surface area (Å²) in [4.78, 5) is 0. The molecule has 29 heavy (non-hydrogen) atoms. The van der Waals surface area contributed by atoms with E-state index in [0.717, 1.165) is 0 Å². The molecule has 0 saturated carbocycles. The summed E-state index contributed by atoms with van der Waals surface area (Å²) in [6.07, 6.45) is 0. The fourth-order valence-electron chi connectivity index (χ4n) is 4.53. The van der Waals surface area contributed by atoms with E-state index in [1.165, 1.54) is 71.6 Å². The molecule has 4 aromatic carbocycles. The molecule has 0 nitrogen and oxygen atoms in total. The third-order valence-electron chi connectivity index (χ3n) is 5.97. The van der Waals surface area contributed by atoms with Gasteiger partial charge in [-0.25, -0.2) is 0 Å². The molecule has 0 bridgehead atoms. The summed E-state index contributed by atoms with van der Waals surface area (Å²) in [6.45, 7) is 4.35. The summed E-state index contributed by atoms with van der Waals surface area (Å²) in [7, 11) is 0. The summed E-state index contributed by atoms with van der Waals surface area (Å²) in [5, 5.41) is 8.36. The van der Waals surface area contributed by atoms with Gasteiger partial charge in [0.15, 0.2) is 0 Å². The van der Waals surface area contributed by atoms with Gasteiger partial charge in [0.1, 0.15) is 0 Å². The normalized spacial score (nSPS) is 12.5. The second-order valence-corrected chi connectivity index (χ2v) is 11.2. The Bertz CT molecular complexity index is 1640. The standard InChI is InChI=1S/C26H16S3/c1-13-3-5-15-17-9-25-19(11-23(17)27-21(15)7-13)20-12-24-18(10-26(20)29-25)16-6-4-14(2)8-22(16)28-24/h3-12H,1-2H3. The molecule has 0 saturated heterocycles. The van der Waals surface area contributed by atoms with Crippen molar-refractivity contribution in [3.63, 3.8) is 0 Å². The maximum Gasteiger partial charge on any atom is 0.0362 e. The lowest BCUT2D eigenvalue weighted by Crippen LogP contribution is -1.71. The minimum absolute atomic E-state index is 1.33.